The van der Waals surface area contributed by atoms with Crippen LogP contribution in [0, 0.1) is 30.4 Å². The number of halogens is 2. The maximum Gasteiger partial charge on any atom is 0.354 e. The van der Waals surface area contributed by atoms with Gasteiger partial charge in [0.2, 0.25) is 5.82 Å². The Labute approximate surface area is 246 Å². The van der Waals surface area contributed by atoms with Gasteiger partial charge in [0, 0.05) is 62.6 Å². The number of carbonyl (C=O) groups is 2. The summed E-state index contributed by atoms with van der Waals surface area (Å²) >= 11 is 0. The highest BCUT2D eigenvalue weighted by atomic mass is 19.1. The summed E-state index contributed by atoms with van der Waals surface area (Å²) in [6.07, 6.45) is 2.57. The van der Waals surface area contributed by atoms with E-state index in [1.54, 1.807) is 10.6 Å². The monoisotopic (exact) mass is 587 g/mol. The number of benzene rings is 1. The van der Waals surface area contributed by atoms with Crippen molar-refractivity contribution in [2.24, 2.45) is 11.8 Å². The van der Waals surface area contributed by atoms with E-state index in [-0.39, 0.29) is 29.3 Å². The molecule has 3 fully saturated rings. The lowest BCUT2D eigenvalue weighted by Gasteiger charge is -2.26. The number of pyridine rings is 2. The molecule has 1 unspecified atom stereocenters. The summed E-state index contributed by atoms with van der Waals surface area (Å²) in [5.41, 5.74) is 2.43. The summed E-state index contributed by atoms with van der Waals surface area (Å²) < 4.78 is 29.8. The quantitative estimate of drug-likeness (QED) is 0.376. The number of rotatable bonds is 5. The first-order chi connectivity index (χ1) is 20.6. The summed E-state index contributed by atoms with van der Waals surface area (Å²) in [4.78, 5) is 39.7. The number of anilines is 2. The van der Waals surface area contributed by atoms with Crippen LogP contribution in [0.3, 0.4) is 0 Å². The molecule has 3 aliphatic rings. The van der Waals surface area contributed by atoms with E-state index in [1.807, 2.05) is 37.1 Å². The summed E-state index contributed by atoms with van der Waals surface area (Å²) in [6.45, 7) is 7.72. The summed E-state index contributed by atoms with van der Waals surface area (Å²) in [7, 11) is 0. The molecule has 3 aliphatic heterocycles. The Bertz CT molecular complexity index is 1760. The van der Waals surface area contributed by atoms with Crippen molar-refractivity contribution < 1.29 is 23.5 Å². The first-order valence-electron chi connectivity index (χ1n) is 14.4. The Hall–Kier alpha value is -4.61. The Morgan fingerprint density at radius 3 is 2.49 bits per heavy atom. The van der Waals surface area contributed by atoms with Crippen LogP contribution >= 0.6 is 0 Å². The fraction of sp³-hybridized carbons (Fsp3) is 0.387. The molecule has 0 saturated carbocycles. The molecule has 3 saturated heterocycles. The van der Waals surface area contributed by atoms with Crippen molar-refractivity contribution in [3.63, 3.8) is 0 Å². The van der Waals surface area contributed by atoms with Crippen LogP contribution in [0.2, 0.25) is 0 Å². The van der Waals surface area contributed by atoms with Crippen LogP contribution in [0.1, 0.15) is 45.6 Å². The zero-order valence-corrected chi connectivity index (χ0v) is 23.9. The van der Waals surface area contributed by atoms with Crippen LogP contribution in [-0.4, -0.2) is 80.7 Å². The number of amides is 1. The van der Waals surface area contributed by atoms with E-state index in [9.17, 15) is 23.5 Å². The van der Waals surface area contributed by atoms with Crippen LogP contribution in [0.4, 0.5) is 20.3 Å². The molecule has 6 heterocycles. The molecular weight excluding hydrogens is 556 g/mol. The number of fused-ring (bicyclic) bond motifs is 2. The van der Waals surface area contributed by atoms with Gasteiger partial charge in [-0.3, -0.25) is 4.79 Å². The molecule has 4 aromatic rings. The Morgan fingerprint density at radius 2 is 1.77 bits per heavy atom. The zero-order chi connectivity index (χ0) is 30.0. The number of carboxylic acids is 1. The van der Waals surface area contributed by atoms with Gasteiger partial charge >= 0.3 is 5.97 Å². The van der Waals surface area contributed by atoms with Gasteiger partial charge in [-0.2, -0.15) is 0 Å². The van der Waals surface area contributed by atoms with Crippen molar-refractivity contribution in [1.29, 1.82) is 0 Å². The number of aromatic nitrogens is 4. The van der Waals surface area contributed by atoms with Crippen molar-refractivity contribution in [1.82, 2.24) is 24.5 Å². The molecule has 0 aliphatic carbocycles. The number of carboxylic acid groups (broad SMARTS) is 1. The summed E-state index contributed by atoms with van der Waals surface area (Å²) in [6, 6.07) is 10.8. The number of carbonyl (C=O) groups excluding carboxylic acids is 1. The van der Waals surface area contributed by atoms with Gasteiger partial charge in [-0.15, -0.1) is 5.10 Å². The maximum atomic E-state index is 14.6. The number of hydrogen-bond donors (Lipinski definition) is 1. The average molecular weight is 588 g/mol. The first kappa shape index (κ1) is 27.2. The molecule has 0 bridgehead atoms. The molecule has 3 aromatic heterocycles. The standard InChI is InChI=1S/C31H31F2N7O3/c1-18-10-22(37-9-8-31(2,17-37)23-7-6-21(32)11-24(23)33)16-40-28(18)35-27(36-40)29(41)39-14-19-12-38(13-20(19)15-39)26-5-3-4-25(34-26)30(42)43/h3-7,10-11,16,19-20H,8-9,12-15,17H2,1-2H3,(H,42,43)/t19-,20+,31?. The van der Waals surface area contributed by atoms with E-state index in [4.69, 9.17) is 0 Å². The van der Waals surface area contributed by atoms with Crippen molar-refractivity contribution in [2.45, 2.75) is 25.7 Å². The van der Waals surface area contributed by atoms with Gasteiger partial charge in [-0.1, -0.05) is 19.1 Å². The molecule has 10 nitrogen and oxygen atoms in total. The SMILES string of the molecule is Cc1cc(N2CCC(C)(c3ccc(F)cc3F)C2)cn2nc(C(=O)N3C[C@@H]4CN(c5cccc(C(=O)O)n5)C[C@@H]4C3)nc12. The highest BCUT2D eigenvalue weighted by Gasteiger charge is 2.43. The zero-order valence-electron chi connectivity index (χ0n) is 23.9. The molecule has 1 amide bonds. The predicted octanol–water partition coefficient (Wildman–Crippen LogP) is 3.79. The largest absolute Gasteiger partial charge is 0.477 e. The molecule has 0 spiro atoms. The van der Waals surface area contributed by atoms with Gasteiger partial charge in [0.25, 0.3) is 5.91 Å². The molecule has 222 valence electrons. The van der Waals surface area contributed by atoms with Gasteiger partial charge in [0.1, 0.15) is 17.5 Å². The second kappa shape index (κ2) is 9.99. The van der Waals surface area contributed by atoms with E-state index in [1.165, 1.54) is 18.2 Å². The van der Waals surface area contributed by atoms with E-state index in [2.05, 4.69) is 24.9 Å². The number of nitrogens with zero attached hydrogens (tertiary/aromatic N) is 7. The van der Waals surface area contributed by atoms with E-state index in [0.29, 0.717) is 62.7 Å². The molecule has 43 heavy (non-hydrogen) atoms. The van der Waals surface area contributed by atoms with Gasteiger partial charge in [-0.25, -0.2) is 28.1 Å². The highest BCUT2D eigenvalue weighted by Crippen LogP contribution is 2.38. The Kier molecular flexibility index (Phi) is 6.33. The van der Waals surface area contributed by atoms with Gasteiger partial charge in [0.05, 0.1) is 11.9 Å². The third kappa shape index (κ3) is 4.74. The molecule has 1 N–H and O–H groups in total. The van der Waals surface area contributed by atoms with Crippen LogP contribution in [0.25, 0.3) is 5.65 Å². The lowest BCUT2D eigenvalue weighted by Crippen LogP contribution is -2.34. The average Bonchev–Trinajstić information content (AvgIpc) is 3.75. The third-order valence-corrected chi connectivity index (χ3v) is 9.27. The van der Waals surface area contributed by atoms with Gasteiger partial charge in [-0.05, 0) is 48.7 Å². The Morgan fingerprint density at radius 1 is 1.00 bits per heavy atom. The minimum atomic E-state index is -1.06. The minimum absolute atomic E-state index is 0.0169. The number of aromatic carboxylic acids is 1. The van der Waals surface area contributed by atoms with E-state index < -0.39 is 23.0 Å². The summed E-state index contributed by atoms with van der Waals surface area (Å²) in [5.74, 6) is -1.10. The first-order valence-corrected chi connectivity index (χ1v) is 14.4. The predicted molar refractivity (Wildman–Crippen MR) is 155 cm³/mol. The normalized spacial score (nSPS) is 23.4. The minimum Gasteiger partial charge on any atom is -0.477 e. The second-order valence-electron chi connectivity index (χ2n) is 12.3. The molecule has 0 radical (unpaired) electrons. The van der Waals surface area contributed by atoms with Crippen molar-refractivity contribution in [3.05, 3.63) is 82.9 Å². The van der Waals surface area contributed by atoms with Gasteiger partial charge in [0.15, 0.2) is 11.3 Å². The second-order valence-corrected chi connectivity index (χ2v) is 12.3. The van der Waals surface area contributed by atoms with Crippen molar-refractivity contribution in [2.75, 3.05) is 49.1 Å². The van der Waals surface area contributed by atoms with Crippen LogP contribution in [-0.2, 0) is 5.41 Å². The molecular formula is C31H31F2N7O3. The molecule has 3 atom stereocenters. The van der Waals surface area contributed by atoms with E-state index >= 15 is 0 Å². The van der Waals surface area contributed by atoms with Crippen LogP contribution in [0.15, 0.2) is 48.7 Å². The maximum absolute atomic E-state index is 14.6. The lowest BCUT2D eigenvalue weighted by atomic mass is 9.81. The fourth-order valence-electron chi connectivity index (χ4n) is 6.98. The van der Waals surface area contributed by atoms with E-state index in [0.717, 1.165) is 17.3 Å². The summed E-state index contributed by atoms with van der Waals surface area (Å²) in [5, 5.41) is 13.8. The Balaban J connectivity index is 1.05. The molecule has 12 heteroatoms. The van der Waals surface area contributed by atoms with Crippen LogP contribution < -0.4 is 9.80 Å². The highest BCUT2D eigenvalue weighted by molar-refractivity contribution is 5.91. The molecule has 1 aromatic carbocycles. The number of likely N-dealkylation sites (tertiary alicyclic amines) is 1. The van der Waals surface area contributed by atoms with Crippen molar-refractivity contribution in [3.8, 4) is 0 Å². The smallest absolute Gasteiger partial charge is 0.354 e. The van der Waals surface area contributed by atoms with Crippen LogP contribution in [0.5, 0.6) is 0 Å². The number of aryl methyl sites for hydroxylation is 1. The third-order valence-electron chi connectivity index (χ3n) is 9.27. The lowest BCUT2D eigenvalue weighted by molar-refractivity contribution is 0.0689. The van der Waals surface area contributed by atoms with Gasteiger partial charge < -0.3 is 19.8 Å². The topological polar surface area (TPSA) is 107 Å². The fourth-order valence-corrected chi connectivity index (χ4v) is 6.98. The van der Waals surface area contributed by atoms with Crippen molar-refractivity contribution >= 4 is 29.0 Å². The number of hydrogen-bond acceptors (Lipinski definition) is 7. The molecule has 7 rings (SSSR count).